The third kappa shape index (κ3) is 8.36. The SMILES string of the molecule is C=C1[C@@H](OC(C)=O)C[C@H]2[C@H](C)C(=O)O[C@@H]2/C=C(\C)C(C[C@@H]2C(=O)O[C@@H]3/C=C(\C)CC/C=C(\C)[C@@H](OC(C)=O)C[C@@H]23)C[C@H]1OC(C)=O. The maximum Gasteiger partial charge on any atom is 0.309 e. The Balaban J connectivity index is 1.75. The summed E-state index contributed by atoms with van der Waals surface area (Å²) in [5.74, 6) is -4.07. The summed E-state index contributed by atoms with van der Waals surface area (Å²) in [7, 11) is 0. The molecule has 46 heavy (non-hydrogen) atoms. The van der Waals surface area contributed by atoms with E-state index in [1.165, 1.54) is 20.8 Å². The quantitative estimate of drug-likeness (QED) is 0.216. The van der Waals surface area contributed by atoms with Gasteiger partial charge in [-0.2, -0.15) is 0 Å². The van der Waals surface area contributed by atoms with Crippen LogP contribution in [0.25, 0.3) is 0 Å². The van der Waals surface area contributed by atoms with Crippen LogP contribution < -0.4 is 0 Å². The molecule has 252 valence electrons. The van der Waals surface area contributed by atoms with Crippen molar-refractivity contribution in [1.82, 2.24) is 0 Å². The Labute approximate surface area is 271 Å². The molecule has 10 atom stereocenters. The minimum absolute atomic E-state index is 0.266. The lowest BCUT2D eigenvalue weighted by molar-refractivity contribution is -0.150. The first-order chi connectivity index (χ1) is 21.6. The van der Waals surface area contributed by atoms with E-state index in [1.54, 1.807) is 6.92 Å². The van der Waals surface area contributed by atoms with Crippen molar-refractivity contribution < 1.29 is 47.7 Å². The number of hydrogen-bond acceptors (Lipinski definition) is 10. The highest BCUT2D eigenvalue weighted by Crippen LogP contribution is 2.44. The average Bonchev–Trinajstić information content (AvgIpc) is 3.38. The summed E-state index contributed by atoms with van der Waals surface area (Å²) >= 11 is 0. The summed E-state index contributed by atoms with van der Waals surface area (Å²) in [5, 5.41) is 0. The topological polar surface area (TPSA) is 132 Å². The van der Waals surface area contributed by atoms with Gasteiger partial charge in [0, 0.05) is 38.2 Å². The number of fused-ring (bicyclic) bond motifs is 2. The predicted molar refractivity (Wildman–Crippen MR) is 168 cm³/mol. The van der Waals surface area contributed by atoms with Crippen LogP contribution in [0.1, 0.15) is 87.0 Å². The van der Waals surface area contributed by atoms with Crippen molar-refractivity contribution in [2.24, 2.45) is 29.6 Å². The molecule has 1 unspecified atom stereocenters. The molecule has 0 N–H and O–H groups in total. The van der Waals surface area contributed by atoms with E-state index in [9.17, 15) is 24.0 Å². The minimum atomic E-state index is -0.821. The van der Waals surface area contributed by atoms with Crippen LogP contribution in [0.15, 0.2) is 47.1 Å². The zero-order valence-corrected chi connectivity index (χ0v) is 28.0. The maximum absolute atomic E-state index is 13.7. The number of hydrogen-bond donors (Lipinski definition) is 0. The molecule has 0 saturated carbocycles. The van der Waals surface area contributed by atoms with Crippen molar-refractivity contribution in [2.45, 2.75) is 118 Å². The van der Waals surface area contributed by atoms with Gasteiger partial charge in [-0.05, 0) is 82.9 Å². The molecular formula is C36H48O10. The molecule has 4 aliphatic rings. The van der Waals surface area contributed by atoms with Crippen LogP contribution in [0.2, 0.25) is 0 Å². The van der Waals surface area contributed by atoms with Gasteiger partial charge in [0.2, 0.25) is 0 Å². The minimum Gasteiger partial charge on any atom is -0.458 e. The van der Waals surface area contributed by atoms with E-state index in [0.29, 0.717) is 18.4 Å². The second-order valence-electron chi connectivity index (χ2n) is 13.4. The van der Waals surface area contributed by atoms with E-state index < -0.39 is 60.3 Å². The van der Waals surface area contributed by atoms with Crippen LogP contribution in [0.4, 0.5) is 0 Å². The van der Waals surface area contributed by atoms with Gasteiger partial charge in [0.25, 0.3) is 0 Å². The molecule has 2 heterocycles. The van der Waals surface area contributed by atoms with E-state index in [-0.39, 0.29) is 42.5 Å². The van der Waals surface area contributed by atoms with E-state index in [0.717, 1.165) is 29.6 Å². The summed E-state index contributed by atoms with van der Waals surface area (Å²) < 4.78 is 29.0. The Kier molecular flexibility index (Phi) is 11.3. The van der Waals surface area contributed by atoms with Crippen molar-refractivity contribution in [3.05, 3.63) is 47.1 Å². The van der Waals surface area contributed by atoms with Crippen molar-refractivity contribution >= 4 is 29.8 Å². The van der Waals surface area contributed by atoms with Crippen LogP contribution in [0.3, 0.4) is 0 Å². The Bertz CT molecular complexity index is 1340. The average molecular weight is 641 g/mol. The first kappa shape index (κ1) is 35.2. The van der Waals surface area contributed by atoms with Crippen molar-refractivity contribution in [3.8, 4) is 0 Å². The molecule has 4 rings (SSSR count). The molecule has 0 aromatic rings. The predicted octanol–water partition coefficient (Wildman–Crippen LogP) is 5.50. The van der Waals surface area contributed by atoms with Gasteiger partial charge in [0.05, 0.1) is 11.8 Å². The van der Waals surface area contributed by atoms with Crippen LogP contribution in [-0.4, -0.2) is 60.4 Å². The summed E-state index contributed by atoms with van der Waals surface area (Å²) in [6, 6.07) is 0. The molecule has 2 fully saturated rings. The highest BCUT2D eigenvalue weighted by molar-refractivity contribution is 5.76. The molecule has 2 aliphatic carbocycles. The maximum atomic E-state index is 13.7. The van der Waals surface area contributed by atoms with Crippen LogP contribution >= 0.6 is 0 Å². The first-order valence-electron chi connectivity index (χ1n) is 16.3. The van der Waals surface area contributed by atoms with E-state index in [4.69, 9.17) is 23.7 Å². The Morgan fingerprint density at radius 3 is 1.96 bits per heavy atom. The lowest BCUT2D eigenvalue weighted by atomic mass is 9.74. The summed E-state index contributed by atoms with van der Waals surface area (Å²) in [5.41, 5.74) is 3.33. The highest BCUT2D eigenvalue weighted by Gasteiger charge is 2.48. The Morgan fingerprint density at radius 2 is 1.33 bits per heavy atom. The largest absolute Gasteiger partial charge is 0.458 e. The summed E-state index contributed by atoms with van der Waals surface area (Å²) in [6.07, 6.45) is 5.67. The molecule has 0 aromatic heterocycles. The number of rotatable bonds is 5. The number of carbonyl (C=O) groups is 5. The zero-order valence-electron chi connectivity index (χ0n) is 28.0. The summed E-state index contributed by atoms with van der Waals surface area (Å²) in [4.78, 5) is 63.0. The van der Waals surface area contributed by atoms with Gasteiger partial charge in [0.15, 0.2) is 0 Å². The molecule has 0 aromatic carbocycles. The Morgan fingerprint density at radius 1 is 0.783 bits per heavy atom. The third-order valence-electron chi connectivity index (χ3n) is 9.98. The van der Waals surface area contributed by atoms with Crippen LogP contribution in [0, 0.1) is 29.6 Å². The first-order valence-corrected chi connectivity index (χ1v) is 16.3. The van der Waals surface area contributed by atoms with Gasteiger partial charge in [-0.1, -0.05) is 30.7 Å². The van der Waals surface area contributed by atoms with E-state index in [1.807, 2.05) is 32.9 Å². The van der Waals surface area contributed by atoms with Crippen LogP contribution in [0.5, 0.6) is 0 Å². The molecule has 0 amide bonds. The normalized spacial score (nSPS) is 38.6. The second-order valence-corrected chi connectivity index (χ2v) is 13.4. The highest BCUT2D eigenvalue weighted by atomic mass is 16.6. The van der Waals surface area contributed by atoms with Gasteiger partial charge in [-0.3, -0.25) is 24.0 Å². The summed E-state index contributed by atoms with van der Waals surface area (Å²) in [6.45, 7) is 15.9. The molecular weight excluding hydrogens is 592 g/mol. The van der Waals surface area contributed by atoms with E-state index >= 15 is 0 Å². The molecule has 10 heteroatoms. The Hall–Kier alpha value is -3.69. The lowest BCUT2D eigenvalue weighted by Crippen LogP contribution is -2.36. The van der Waals surface area contributed by atoms with Gasteiger partial charge < -0.3 is 23.7 Å². The second kappa shape index (κ2) is 14.8. The standard InChI is InChI=1S/C36H48O10/c1-18-10-9-11-19(2)30(42-23(6)37)17-28-29(36(41)46-33(28)12-18)14-26-15-31(43-24(7)38)22(5)32(44-25(8)39)16-27-21(4)35(40)45-34(27)13-20(26)3/h11-13,21,26-34H,5,9-10,14-17H2,1-4,6-8H3/b18-12+,19-11+,20-13+/t21-,26?,27-,28-,29-,30-,31+,32-,33+,34+/m0/s1. The lowest BCUT2D eigenvalue weighted by Gasteiger charge is -2.34. The van der Waals surface area contributed by atoms with E-state index in [2.05, 4.69) is 12.7 Å². The fourth-order valence-electron chi connectivity index (χ4n) is 7.35. The smallest absolute Gasteiger partial charge is 0.309 e. The monoisotopic (exact) mass is 640 g/mol. The molecule has 2 aliphatic heterocycles. The third-order valence-corrected chi connectivity index (χ3v) is 9.98. The number of ether oxygens (including phenoxy) is 5. The van der Waals surface area contributed by atoms with Crippen molar-refractivity contribution in [3.63, 3.8) is 0 Å². The number of allylic oxidation sites excluding steroid dienone is 3. The molecule has 2 saturated heterocycles. The molecule has 0 spiro atoms. The number of carbonyl (C=O) groups excluding carboxylic acids is 5. The fraction of sp³-hybridized carbons (Fsp3) is 0.639. The molecule has 0 radical (unpaired) electrons. The van der Waals surface area contributed by atoms with Gasteiger partial charge in [-0.25, -0.2) is 0 Å². The zero-order chi connectivity index (χ0) is 33.9. The van der Waals surface area contributed by atoms with Gasteiger partial charge in [-0.15, -0.1) is 0 Å². The molecule has 0 bridgehead atoms. The molecule has 10 nitrogen and oxygen atoms in total. The van der Waals surface area contributed by atoms with Gasteiger partial charge >= 0.3 is 29.8 Å². The van der Waals surface area contributed by atoms with Gasteiger partial charge in [0.1, 0.15) is 30.5 Å². The number of esters is 5. The fourth-order valence-corrected chi connectivity index (χ4v) is 7.35. The van der Waals surface area contributed by atoms with Crippen molar-refractivity contribution in [2.75, 3.05) is 0 Å². The van der Waals surface area contributed by atoms with Crippen LogP contribution in [-0.2, 0) is 47.7 Å². The van der Waals surface area contributed by atoms with Crippen molar-refractivity contribution in [1.29, 1.82) is 0 Å².